The van der Waals surface area contributed by atoms with Crippen LogP contribution in [0.4, 0.5) is 0 Å². The molecule has 0 saturated carbocycles. The summed E-state index contributed by atoms with van der Waals surface area (Å²) in [6.45, 7) is 9.12. The summed E-state index contributed by atoms with van der Waals surface area (Å²) < 4.78 is 97.0. The smallest absolute Gasteiger partial charge is 0.161 e. The molecule has 0 bridgehead atoms. The quantitative estimate of drug-likeness (QED) is 0.0258. The minimum atomic E-state index is 0.215. The first-order chi connectivity index (χ1) is 45.6. The van der Waals surface area contributed by atoms with Crippen LogP contribution < -0.4 is 29.4 Å². The normalized spacial score (nSPS) is 13.4. The van der Waals surface area contributed by atoms with Crippen LogP contribution in [0.2, 0.25) is 0 Å². The summed E-state index contributed by atoms with van der Waals surface area (Å²) in [7, 11) is 6.59. The van der Waals surface area contributed by atoms with Crippen molar-refractivity contribution >= 4 is 96.7 Å². The van der Waals surface area contributed by atoms with Crippen molar-refractivity contribution in [2.75, 3.05) is 187 Å². The molecule has 9 rings (SSSR count). The molecule has 492 valence electrons. The molecule has 0 unspecified atom stereocenters. The van der Waals surface area contributed by atoms with E-state index in [1.165, 1.54) is 0 Å². The monoisotopic (exact) mass is 1340 g/mol. The average molecular weight is 1340 g/mol. The van der Waals surface area contributed by atoms with E-state index in [0.717, 1.165) is 82.3 Å². The van der Waals surface area contributed by atoms with E-state index in [9.17, 15) is 0 Å². The Bertz CT molecular complexity index is 3090. The average Bonchev–Trinajstić information content (AvgIpc) is 1.21. The third kappa shape index (κ3) is 21.1. The highest BCUT2D eigenvalue weighted by molar-refractivity contribution is 8.41. The predicted octanol–water partition coefficient (Wildman–Crippen LogP) is 9.95. The van der Waals surface area contributed by atoms with E-state index in [2.05, 4.69) is 44.2 Å². The van der Waals surface area contributed by atoms with Crippen LogP contribution in [0, 0.1) is 0 Å². The second-order valence-corrected chi connectivity index (χ2v) is 24.5. The number of rotatable bonds is 44. The van der Waals surface area contributed by atoms with Crippen molar-refractivity contribution in [2.45, 2.75) is 0 Å². The molecule has 2 aliphatic rings. The van der Waals surface area contributed by atoms with Crippen molar-refractivity contribution in [3.63, 3.8) is 0 Å². The summed E-state index contributed by atoms with van der Waals surface area (Å²) in [5.74, 6) is 2.08. The first-order valence-electron chi connectivity index (χ1n) is 30.4. The number of aromatic nitrogens is 4. The van der Waals surface area contributed by atoms with Crippen molar-refractivity contribution in [2.24, 2.45) is 0 Å². The number of hydrogen-bond donors (Lipinski definition) is 0. The van der Waals surface area contributed by atoms with Gasteiger partial charge in [-0.15, -0.1) is 0 Å². The summed E-state index contributed by atoms with van der Waals surface area (Å²) in [4.78, 5) is 22.0. The van der Waals surface area contributed by atoms with Gasteiger partial charge < -0.3 is 75.8 Å². The molecule has 7 aromatic rings. The van der Waals surface area contributed by atoms with Gasteiger partial charge in [0.1, 0.15) is 26.4 Å². The van der Waals surface area contributed by atoms with E-state index in [0.29, 0.717) is 155 Å². The van der Waals surface area contributed by atoms with Crippen LogP contribution in [0.3, 0.4) is 0 Å². The molecule has 92 heavy (non-hydrogen) atoms. The van der Waals surface area contributed by atoms with Crippen molar-refractivity contribution in [3.8, 4) is 23.0 Å². The van der Waals surface area contributed by atoms with E-state index in [-0.39, 0.29) is 26.4 Å². The molecule has 0 aliphatic carbocycles. The van der Waals surface area contributed by atoms with Crippen LogP contribution >= 0.6 is 47.0 Å². The van der Waals surface area contributed by atoms with E-state index in [1.54, 1.807) is 75.5 Å². The van der Waals surface area contributed by atoms with Crippen molar-refractivity contribution in [1.29, 1.82) is 0 Å². The second-order valence-electron chi connectivity index (χ2n) is 19.9. The fourth-order valence-corrected chi connectivity index (χ4v) is 15.1. The van der Waals surface area contributed by atoms with Gasteiger partial charge in [0, 0.05) is 108 Å². The van der Waals surface area contributed by atoms with Crippen LogP contribution in [-0.2, 0) is 56.8 Å². The molecule has 20 nitrogen and oxygen atoms in total. The van der Waals surface area contributed by atoms with E-state index in [4.69, 9.17) is 75.8 Å². The zero-order chi connectivity index (χ0) is 63.6. The second kappa shape index (κ2) is 40.4. The van der Waals surface area contributed by atoms with Crippen LogP contribution in [-0.4, -0.2) is 207 Å². The number of fused-ring (bicyclic) bond motifs is 2. The van der Waals surface area contributed by atoms with E-state index in [1.807, 2.05) is 98.1 Å². The zero-order valence-corrected chi connectivity index (χ0v) is 55.7. The lowest BCUT2D eigenvalue weighted by Gasteiger charge is -2.19. The maximum atomic E-state index is 6.83. The van der Waals surface area contributed by atoms with Gasteiger partial charge in [-0.05, 0) is 117 Å². The lowest BCUT2D eigenvalue weighted by Crippen LogP contribution is -2.19. The maximum absolute atomic E-state index is 6.83. The molecule has 0 atom stereocenters. The molecule has 0 amide bonds. The first-order valence-corrected chi connectivity index (χ1v) is 33.6. The Kier molecular flexibility index (Phi) is 30.9. The Morgan fingerprint density at radius 2 is 0.435 bits per heavy atom. The molecule has 4 aromatic heterocycles. The van der Waals surface area contributed by atoms with Crippen LogP contribution in [0.25, 0.3) is 49.6 Å². The van der Waals surface area contributed by atoms with Crippen LogP contribution in [0.5, 0.6) is 23.0 Å². The van der Waals surface area contributed by atoms with Gasteiger partial charge in [-0.3, -0.25) is 19.9 Å². The SMILES string of the molecule is COCCOCCOCCOc1cc2c(=C3SC(c4ccncc4)=C(c4ccncc4)S3)c3cc(OCCOCCOCCOC)c(OCCOCCOCCOC)cc3c(=C3SC(c4ccncc4)=C(c4ccncc4)S3)c2cc1OCCOCCOCCOC. The van der Waals surface area contributed by atoms with Gasteiger partial charge in [0.25, 0.3) is 0 Å². The molecule has 3 aromatic carbocycles. The summed E-state index contributed by atoms with van der Waals surface area (Å²) in [6, 6.07) is 24.9. The minimum absolute atomic E-state index is 0.215. The van der Waals surface area contributed by atoms with Gasteiger partial charge in [-0.25, -0.2) is 0 Å². The molecule has 2 aliphatic heterocycles. The highest BCUT2D eigenvalue weighted by Crippen LogP contribution is 2.60. The van der Waals surface area contributed by atoms with Gasteiger partial charge in [-0.2, -0.15) is 0 Å². The van der Waals surface area contributed by atoms with Gasteiger partial charge >= 0.3 is 0 Å². The Balaban J connectivity index is 1.26. The van der Waals surface area contributed by atoms with Gasteiger partial charge in [0.05, 0.1) is 141 Å². The molecule has 0 saturated heterocycles. The Morgan fingerprint density at radius 1 is 0.250 bits per heavy atom. The van der Waals surface area contributed by atoms with Gasteiger partial charge in [-0.1, -0.05) is 47.0 Å². The molecular formula is C68H80N4O16S4. The van der Waals surface area contributed by atoms with Crippen LogP contribution in [0.15, 0.2) is 122 Å². The molecule has 24 heteroatoms. The Morgan fingerprint density at radius 3 is 0.630 bits per heavy atom. The third-order valence-electron chi connectivity index (χ3n) is 13.8. The minimum Gasteiger partial charge on any atom is -0.487 e. The van der Waals surface area contributed by atoms with Crippen molar-refractivity contribution < 1.29 is 75.8 Å². The van der Waals surface area contributed by atoms with Crippen LogP contribution in [0.1, 0.15) is 22.3 Å². The Hall–Kier alpha value is -5.88. The number of thioether (sulfide) groups is 4. The van der Waals surface area contributed by atoms with E-state index < -0.39 is 0 Å². The number of ether oxygens (including phenoxy) is 16. The van der Waals surface area contributed by atoms with Crippen molar-refractivity contribution in [1.82, 2.24) is 19.9 Å². The summed E-state index contributed by atoms with van der Waals surface area (Å²) in [6.07, 6.45) is 14.6. The molecule has 0 fully saturated rings. The van der Waals surface area contributed by atoms with Gasteiger partial charge in [0.15, 0.2) is 23.0 Å². The number of benzene rings is 3. The molecule has 6 heterocycles. The van der Waals surface area contributed by atoms with Gasteiger partial charge in [0.2, 0.25) is 0 Å². The number of hydrogen-bond acceptors (Lipinski definition) is 24. The number of nitrogens with zero attached hydrogens (tertiary/aromatic N) is 4. The number of methoxy groups -OCH3 is 4. The fraction of sp³-hybridized carbons (Fsp3) is 0.412. The lowest BCUT2D eigenvalue weighted by molar-refractivity contribution is 0.0160. The number of pyridine rings is 4. The molecule has 0 radical (unpaired) electrons. The molecule has 0 spiro atoms. The highest BCUT2D eigenvalue weighted by Gasteiger charge is 2.30. The highest BCUT2D eigenvalue weighted by atomic mass is 32.2. The predicted molar refractivity (Wildman–Crippen MR) is 364 cm³/mol. The summed E-state index contributed by atoms with van der Waals surface area (Å²) in [5, 5.41) is 5.51. The lowest BCUT2D eigenvalue weighted by atomic mass is 9.97. The Labute approximate surface area is 554 Å². The summed E-state index contributed by atoms with van der Waals surface area (Å²) in [5.41, 5.74) is 4.10. The maximum Gasteiger partial charge on any atom is 0.161 e. The van der Waals surface area contributed by atoms with E-state index >= 15 is 0 Å². The fourth-order valence-electron chi connectivity index (χ4n) is 9.40. The third-order valence-corrected chi connectivity index (χ3v) is 19.2. The summed E-state index contributed by atoms with van der Waals surface area (Å²) >= 11 is 6.83. The van der Waals surface area contributed by atoms with Crippen molar-refractivity contribution in [3.05, 3.63) is 155 Å². The molecule has 0 N–H and O–H groups in total. The molecular weight excluding hydrogens is 1260 g/mol. The zero-order valence-electron chi connectivity index (χ0n) is 52.5. The topological polar surface area (TPSA) is 199 Å². The largest absolute Gasteiger partial charge is 0.487 e. The first kappa shape index (κ1) is 70.4. The standard InChI is InChI=1S/C68H80N4O16S4/c1-73-21-25-77-29-33-81-37-41-85-57-45-53-54(46-58(57)86-42-38-82-34-30-78-26-22-74-2)62(68-91-65(51-9-17-71-18-10-51)66(92-68)52-11-19-72-20-12-52)56-48-60(88-44-40-84-36-32-80-28-24-76-4)59(87-43-39-83-35-31-79-27-23-75-3)47-55(56)61(53)67-89-63(49-5-13-69-14-6-49)64(90-67)50-7-15-70-16-8-50/h5-20,45-48H,21-44H2,1-4H3.